The first kappa shape index (κ1) is 21.2. The first-order valence-corrected chi connectivity index (χ1v) is 8.54. The number of fused-ring (bicyclic) bond motifs is 1. The van der Waals surface area contributed by atoms with Gasteiger partial charge < -0.3 is 11.1 Å². The van der Waals surface area contributed by atoms with Crippen LogP contribution in [0.25, 0.3) is 0 Å². The second-order valence-corrected chi connectivity index (χ2v) is 6.70. The van der Waals surface area contributed by atoms with Crippen LogP contribution in [0.3, 0.4) is 0 Å². The molecule has 1 saturated carbocycles. The molecule has 0 saturated heterocycles. The first-order chi connectivity index (χ1) is 10.7. The van der Waals surface area contributed by atoms with Crippen LogP contribution in [0.5, 0.6) is 0 Å². The van der Waals surface area contributed by atoms with Gasteiger partial charge in [-0.2, -0.15) is 0 Å². The lowest BCUT2D eigenvalue weighted by Gasteiger charge is -2.28. The summed E-state index contributed by atoms with van der Waals surface area (Å²) in [6.45, 7) is 3.75. The lowest BCUT2D eigenvalue weighted by Crippen LogP contribution is -2.39. The van der Waals surface area contributed by atoms with E-state index in [2.05, 4.69) is 34.5 Å². The van der Waals surface area contributed by atoms with Gasteiger partial charge in [0.1, 0.15) is 0 Å². The van der Waals surface area contributed by atoms with E-state index in [1.54, 1.807) is 0 Å². The molecule has 2 atom stereocenters. The van der Waals surface area contributed by atoms with E-state index >= 15 is 0 Å². The van der Waals surface area contributed by atoms with Gasteiger partial charge in [0.15, 0.2) is 0 Å². The van der Waals surface area contributed by atoms with Crippen molar-refractivity contribution in [3.05, 3.63) is 35.4 Å². The molecular formula is C18H29Cl2N3O. The Labute approximate surface area is 157 Å². The molecule has 0 bridgehead atoms. The van der Waals surface area contributed by atoms with Crippen LogP contribution < -0.4 is 11.1 Å². The van der Waals surface area contributed by atoms with Crippen molar-refractivity contribution >= 4 is 30.7 Å². The third kappa shape index (κ3) is 5.62. The highest BCUT2D eigenvalue weighted by molar-refractivity contribution is 5.85. The van der Waals surface area contributed by atoms with Gasteiger partial charge in [0.25, 0.3) is 0 Å². The van der Waals surface area contributed by atoms with Gasteiger partial charge >= 0.3 is 0 Å². The molecule has 2 aliphatic rings. The third-order valence-electron chi connectivity index (χ3n) is 5.13. The maximum atomic E-state index is 12.0. The van der Waals surface area contributed by atoms with E-state index in [0.717, 1.165) is 45.4 Å². The van der Waals surface area contributed by atoms with Gasteiger partial charge in [-0.05, 0) is 36.3 Å². The van der Waals surface area contributed by atoms with Crippen molar-refractivity contribution in [3.8, 4) is 0 Å². The zero-order valence-electron chi connectivity index (χ0n) is 14.1. The minimum Gasteiger partial charge on any atom is -0.355 e. The van der Waals surface area contributed by atoms with Gasteiger partial charge in [-0.25, -0.2) is 0 Å². The summed E-state index contributed by atoms with van der Waals surface area (Å²) in [7, 11) is 0. The van der Waals surface area contributed by atoms with Crippen LogP contribution in [0, 0.1) is 5.92 Å². The molecule has 1 aromatic rings. The molecular weight excluding hydrogens is 345 g/mol. The molecule has 0 spiro atoms. The zero-order valence-corrected chi connectivity index (χ0v) is 15.7. The molecule has 1 aliphatic carbocycles. The van der Waals surface area contributed by atoms with Crippen molar-refractivity contribution in [2.75, 3.05) is 19.6 Å². The Bertz CT molecular complexity index is 527. The molecule has 6 heteroatoms. The highest BCUT2D eigenvalue weighted by Crippen LogP contribution is 2.26. The summed E-state index contributed by atoms with van der Waals surface area (Å²) >= 11 is 0. The molecule has 0 aromatic heterocycles. The molecule has 0 unspecified atom stereocenters. The minimum atomic E-state index is 0. The molecule has 136 valence electrons. The Morgan fingerprint density at radius 1 is 1.21 bits per heavy atom. The molecule has 1 aromatic carbocycles. The van der Waals surface area contributed by atoms with Crippen molar-refractivity contribution in [2.24, 2.45) is 11.7 Å². The molecule has 3 rings (SSSR count). The molecule has 1 fully saturated rings. The molecule has 1 aliphatic heterocycles. The Hall–Kier alpha value is -0.810. The van der Waals surface area contributed by atoms with Crippen LogP contribution in [-0.4, -0.2) is 36.5 Å². The van der Waals surface area contributed by atoms with Gasteiger partial charge in [0, 0.05) is 38.6 Å². The predicted octanol–water partition coefficient (Wildman–Crippen LogP) is 2.52. The largest absolute Gasteiger partial charge is 0.355 e. The number of carbonyl (C=O) groups excluding carboxylic acids is 1. The van der Waals surface area contributed by atoms with Crippen molar-refractivity contribution in [3.63, 3.8) is 0 Å². The number of hydrogen-bond acceptors (Lipinski definition) is 3. The SMILES string of the molecule is Cl.Cl.N[C@@H]1CCC[C@H]1CC(=O)NCCN1CCc2ccccc2C1. The maximum Gasteiger partial charge on any atom is 0.220 e. The highest BCUT2D eigenvalue weighted by atomic mass is 35.5. The highest BCUT2D eigenvalue weighted by Gasteiger charge is 2.25. The molecule has 3 N–H and O–H groups in total. The van der Waals surface area contributed by atoms with Crippen molar-refractivity contribution in [1.29, 1.82) is 0 Å². The van der Waals surface area contributed by atoms with Crippen molar-refractivity contribution in [2.45, 2.75) is 44.7 Å². The summed E-state index contributed by atoms with van der Waals surface area (Å²) in [4.78, 5) is 14.4. The number of nitrogens with two attached hydrogens (primary N) is 1. The number of nitrogens with zero attached hydrogens (tertiary/aromatic N) is 1. The summed E-state index contributed by atoms with van der Waals surface area (Å²) in [6.07, 6.45) is 5.07. The molecule has 1 amide bonds. The van der Waals surface area contributed by atoms with Crippen LogP contribution >= 0.6 is 24.8 Å². The van der Waals surface area contributed by atoms with Gasteiger partial charge in [0.2, 0.25) is 5.91 Å². The van der Waals surface area contributed by atoms with Crippen LogP contribution in [0.1, 0.15) is 36.8 Å². The number of halogens is 2. The summed E-state index contributed by atoms with van der Waals surface area (Å²) in [6, 6.07) is 8.88. The van der Waals surface area contributed by atoms with E-state index in [4.69, 9.17) is 5.73 Å². The van der Waals surface area contributed by atoms with Gasteiger partial charge in [0.05, 0.1) is 0 Å². The number of hydrogen-bond donors (Lipinski definition) is 2. The molecule has 24 heavy (non-hydrogen) atoms. The predicted molar refractivity (Wildman–Crippen MR) is 103 cm³/mol. The fourth-order valence-corrected chi connectivity index (χ4v) is 3.73. The van der Waals surface area contributed by atoms with Crippen LogP contribution in [0.4, 0.5) is 0 Å². The number of benzene rings is 1. The van der Waals surface area contributed by atoms with Crippen LogP contribution in [0.2, 0.25) is 0 Å². The van der Waals surface area contributed by atoms with Gasteiger partial charge in [-0.1, -0.05) is 30.7 Å². The second-order valence-electron chi connectivity index (χ2n) is 6.70. The Kier molecular flexibility index (Phi) is 9.06. The smallest absolute Gasteiger partial charge is 0.220 e. The summed E-state index contributed by atoms with van der Waals surface area (Å²) in [5, 5.41) is 3.07. The lowest BCUT2D eigenvalue weighted by atomic mass is 9.99. The maximum absolute atomic E-state index is 12.0. The summed E-state index contributed by atoms with van der Waals surface area (Å²) < 4.78 is 0. The van der Waals surface area contributed by atoms with E-state index < -0.39 is 0 Å². The molecule has 1 heterocycles. The average Bonchev–Trinajstić information content (AvgIpc) is 2.92. The monoisotopic (exact) mass is 373 g/mol. The fourth-order valence-electron chi connectivity index (χ4n) is 3.73. The normalized spacial score (nSPS) is 22.9. The average molecular weight is 374 g/mol. The third-order valence-corrected chi connectivity index (χ3v) is 5.13. The van der Waals surface area contributed by atoms with E-state index in [1.807, 2.05) is 0 Å². The first-order valence-electron chi connectivity index (χ1n) is 8.54. The van der Waals surface area contributed by atoms with Gasteiger partial charge in [-0.15, -0.1) is 24.8 Å². The zero-order chi connectivity index (χ0) is 15.4. The van der Waals surface area contributed by atoms with E-state index in [9.17, 15) is 4.79 Å². The van der Waals surface area contributed by atoms with Gasteiger partial charge in [-0.3, -0.25) is 9.69 Å². The van der Waals surface area contributed by atoms with Crippen LogP contribution in [-0.2, 0) is 17.8 Å². The number of carbonyl (C=O) groups is 1. The molecule has 4 nitrogen and oxygen atoms in total. The number of nitrogens with one attached hydrogen (secondary N) is 1. The Morgan fingerprint density at radius 3 is 2.67 bits per heavy atom. The number of rotatable bonds is 5. The Morgan fingerprint density at radius 2 is 1.96 bits per heavy atom. The van der Waals surface area contributed by atoms with E-state index in [1.165, 1.54) is 17.5 Å². The fraction of sp³-hybridized carbons (Fsp3) is 0.611. The number of amides is 1. The van der Waals surface area contributed by atoms with Crippen molar-refractivity contribution < 1.29 is 4.79 Å². The standard InChI is InChI=1S/C18H27N3O.2ClH/c19-17-7-3-6-15(17)12-18(22)20-9-11-21-10-8-14-4-1-2-5-16(14)13-21;;/h1-2,4-5,15,17H,3,6-13,19H2,(H,20,22);2*1H/t15-,17+;;/m0../s1. The summed E-state index contributed by atoms with van der Waals surface area (Å²) in [5.41, 5.74) is 8.93. The minimum absolute atomic E-state index is 0. The van der Waals surface area contributed by atoms with E-state index in [0.29, 0.717) is 12.3 Å². The lowest BCUT2D eigenvalue weighted by molar-refractivity contribution is -0.122. The van der Waals surface area contributed by atoms with Crippen LogP contribution in [0.15, 0.2) is 24.3 Å². The summed E-state index contributed by atoms with van der Waals surface area (Å²) in [5.74, 6) is 0.557. The Balaban J connectivity index is 0.00000144. The molecule has 0 radical (unpaired) electrons. The second kappa shape index (κ2) is 10.2. The quantitative estimate of drug-likeness (QED) is 0.833. The topological polar surface area (TPSA) is 58.4 Å². The van der Waals surface area contributed by atoms with Crippen molar-refractivity contribution in [1.82, 2.24) is 10.2 Å². The van der Waals surface area contributed by atoms with E-state index in [-0.39, 0.29) is 36.8 Å².